The van der Waals surface area contributed by atoms with Crippen molar-refractivity contribution in [1.82, 2.24) is 15.5 Å². The fraction of sp³-hybridized carbons (Fsp3) is 0.650. The highest BCUT2D eigenvalue weighted by atomic mass is 127. The summed E-state index contributed by atoms with van der Waals surface area (Å²) in [6, 6.07) is 6.27. The lowest BCUT2D eigenvalue weighted by Crippen LogP contribution is -2.48. The Morgan fingerprint density at radius 2 is 2.14 bits per heavy atom. The Kier molecular flexibility index (Phi) is 12.4. The Morgan fingerprint density at radius 3 is 2.86 bits per heavy atom. The van der Waals surface area contributed by atoms with Crippen LogP contribution >= 0.6 is 24.0 Å². The summed E-state index contributed by atoms with van der Waals surface area (Å²) in [4.78, 5) is 6.59. The van der Waals surface area contributed by atoms with Gasteiger partial charge in [-0.2, -0.15) is 0 Å². The van der Waals surface area contributed by atoms with E-state index in [-0.39, 0.29) is 30.1 Å². The highest BCUT2D eigenvalue weighted by Gasteiger charge is 2.17. The normalized spacial score (nSPS) is 17.7. The molecule has 1 aliphatic heterocycles. The van der Waals surface area contributed by atoms with Crippen LogP contribution in [0.15, 0.2) is 23.2 Å². The first-order valence-electron chi connectivity index (χ1n) is 9.58. The maximum Gasteiger partial charge on any atom is 0.191 e. The summed E-state index contributed by atoms with van der Waals surface area (Å²) in [5.41, 5.74) is 2.29. The SMILES string of the molecule is CN=C(NCc1ccc(C)cc1OCCCOC)NCC1CN(C)CCO1.I. The number of nitrogens with one attached hydrogen (secondary N) is 2. The summed E-state index contributed by atoms with van der Waals surface area (Å²) in [7, 11) is 5.60. The van der Waals surface area contributed by atoms with E-state index < -0.39 is 0 Å². The molecule has 1 aromatic carbocycles. The summed E-state index contributed by atoms with van der Waals surface area (Å²) in [6.45, 7) is 7.50. The third-order valence-corrected chi connectivity index (χ3v) is 4.48. The molecule has 1 fully saturated rings. The van der Waals surface area contributed by atoms with Crippen molar-refractivity contribution in [2.24, 2.45) is 4.99 Å². The minimum atomic E-state index is 0. The number of methoxy groups -OCH3 is 1. The number of halogens is 1. The van der Waals surface area contributed by atoms with Crippen molar-refractivity contribution in [2.45, 2.75) is 26.0 Å². The first-order valence-corrected chi connectivity index (χ1v) is 9.58. The summed E-state index contributed by atoms with van der Waals surface area (Å²) in [5, 5.41) is 6.71. The molecule has 2 rings (SSSR count). The molecule has 160 valence electrons. The van der Waals surface area contributed by atoms with Crippen molar-refractivity contribution in [2.75, 3.05) is 60.7 Å². The molecule has 7 nitrogen and oxygen atoms in total. The van der Waals surface area contributed by atoms with Gasteiger partial charge in [-0.25, -0.2) is 0 Å². The highest BCUT2D eigenvalue weighted by molar-refractivity contribution is 14.0. The molecule has 1 saturated heterocycles. The Bertz CT molecular complexity index is 601. The third-order valence-electron chi connectivity index (χ3n) is 4.48. The van der Waals surface area contributed by atoms with Gasteiger partial charge in [-0.1, -0.05) is 12.1 Å². The first-order chi connectivity index (χ1) is 13.1. The zero-order chi connectivity index (χ0) is 19.5. The van der Waals surface area contributed by atoms with Crippen LogP contribution in [-0.4, -0.2) is 77.6 Å². The molecular formula is C20H35IN4O3. The standard InChI is InChI=1S/C20H34N4O3.HI/c1-16-6-7-17(19(12-16)27-10-5-9-25-4)13-22-20(21-2)23-14-18-15-24(3)8-11-26-18;/h6-7,12,18H,5,8-11,13-15H2,1-4H3,(H2,21,22,23);1H. The molecule has 1 aromatic rings. The Morgan fingerprint density at radius 1 is 1.32 bits per heavy atom. The second kappa shape index (κ2) is 14.0. The number of hydrogen-bond donors (Lipinski definition) is 2. The van der Waals surface area contributed by atoms with E-state index in [2.05, 4.69) is 52.7 Å². The fourth-order valence-corrected chi connectivity index (χ4v) is 2.93. The maximum absolute atomic E-state index is 5.95. The van der Waals surface area contributed by atoms with Gasteiger partial charge in [0.05, 0.1) is 19.3 Å². The third kappa shape index (κ3) is 8.93. The number of guanidine groups is 1. The predicted octanol–water partition coefficient (Wildman–Crippen LogP) is 2.02. The van der Waals surface area contributed by atoms with Gasteiger partial charge in [-0.3, -0.25) is 4.99 Å². The largest absolute Gasteiger partial charge is 0.493 e. The monoisotopic (exact) mass is 506 g/mol. The predicted molar refractivity (Wildman–Crippen MR) is 124 cm³/mol. The molecule has 0 spiro atoms. The van der Waals surface area contributed by atoms with Crippen LogP contribution in [0.25, 0.3) is 0 Å². The Labute approximate surface area is 186 Å². The van der Waals surface area contributed by atoms with Gasteiger partial charge in [-0.15, -0.1) is 24.0 Å². The van der Waals surface area contributed by atoms with E-state index >= 15 is 0 Å². The van der Waals surface area contributed by atoms with Gasteiger partial charge in [0, 0.05) is 58.9 Å². The minimum Gasteiger partial charge on any atom is -0.493 e. The maximum atomic E-state index is 5.95. The van der Waals surface area contributed by atoms with Crippen LogP contribution in [0.4, 0.5) is 0 Å². The van der Waals surface area contributed by atoms with Crippen molar-refractivity contribution in [3.8, 4) is 5.75 Å². The van der Waals surface area contributed by atoms with E-state index in [1.807, 2.05) is 0 Å². The number of benzene rings is 1. The van der Waals surface area contributed by atoms with Crippen molar-refractivity contribution in [3.05, 3.63) is 29.3 Å². The molecular weight excluding hydrogens is 471 g/mol. The number of nitrogens with zero attached hydrogens (tertiary/aromatic N) is 2. The number of morpholine rings is 1. The van der Waals surface area contributed by atoms with Crippen LogP contribution in [0.5, 0.6) is 5.75 Å². The molecule has 0 amide bonds. The zero-order valence-electron chi connectivity index (χ0n) is 17.5. The van der Waals surface area contributed by atoms with Crippen molar-refractivity contribution < 1.29 is 14.2 Å². The molecule has 0 bridgehead atoms. The number of likely N-dealkylation sites (N-methyl/N-ethyl adjacent to an activating group) is 1. The van der Waals surface area contributed by atoms with Gasteiger partial charge in [0.15, 0.2) is 5.96 Å². The van der Waals surface area contributed by atoms with Crippen LogP contribution in [0.1, 0.15) is 17.5 Å². The van der Waals surface area contributed by atoms with Gasteiger partial charge in [0.2, 0.25) is 0 Å². The van der Waals surface area contributed by atoms with Gasteiger partial charge in [0.1, 0.15) is 5.75 Å². The molecule has 2 N–H and O–H groups in total. The molecule has 8 heteroatoms. The second-order valence-electron chi connectivity index (χ2n) is 6.87. The van der Waals surface area contributed by atoms with Crippen LogP contribution in [0.3, 0.4) is 0 Å². The van der Waals surface area contributed by atoms with E-state index in [0.717, 1.165) is 49.9 Å². The molecule has 0 saturated carbocycles. The van der Waals surface area contributed by atoms with Crippen LogP contribution in [-0.2, 0) is 16.0 Å². The quantitative estimate of drug-likeness (QED) is 0.231. The van der Waals surface area contributed by atoms with Gasteiger partial charge in [0.25, 0.3) is 0 Å². The molecule has 1 aliphatic rings. The average molecular weight is 506 g/mol. The summed E-state index contributed by atoms with van der Waals surface area (Å²) >= 11 is 0. The number of hydrogen-bond acceptors (Lipinski definition) is 5. The van der Waals surface area contributed by atoms with Gasteiger partial charge in [-0.05, 0) is 25.6 Å². The summed E-state index contributed by atoms with van der Waals surface area (Å²) in [5.74, 6) is 1.67. The van der Waals surface area contributed by atoms with E-state index in [0.29, 0.717) is 19.8 Å². The number of aryl methyl sites for hydroxylation is 1. The Hall–Kier alpha value is -1.10. The Balaban J connectivity index is 0.00000392. The van der Waals surface area contributed by atoms with Crippen molar-refractivity contribution in [1.29, 1.82) is 0 Å². The molecule has 1 unspecified atom stereocenters. The molecule has 0 aliphatic carbocycles. The van der Waals surface area contributed by atoms with Gasteiger partial charge < -0.3 is 29.7 Å². The number of rotatable bonds is 9. The highest BCUT2D eigenvalue weighted by Crippen LogP contribution is 2.20. The van der Waals surface area contributed by atoms with Crippen LogP contribution in [0.2, 0.25) is 0 Å². The summed E-state index contributed by atoms with van der Waals surface area (Å²) < 4.78 is 16.8. The first kappa shape index (κ1) is 24.9. The number of ether oxygens (including phenoxy) is 3. The lowest BCUT2D eigenvalue weighted by Gasteiger charge is -2.30. The van der Waals surface area contributed by atoms with E-state index in [4.69, 9.17) is 14.2 Å². The molecule has 1 atom stereocenters. The van der Waals surface area contributed by atoms with Crippen LogP contribution in [0, 0.1) is 6.92 Å². The average Bonchev–Trinajstić information content (AvgIpc) is 2.66. The lowest BCUT2D eigenvalue weighted by molar-refractivity contribution is -0.0161. The minimum absolute atomic E-state index is 0. The van der Waals surface area contributed by atoms with E-state index in [1.54, 1.807) is 14.2 Å². The topological polar surface area (TPSA) is 67.4 Å². The van der Waals surface area contributed by atoms with Gasteiger partial charge >= 0.3 is 0 Å². The molecule has 0 aromatic heterocycles. The molecule has 0 radical (unpaired) electrons. The van der Waals surface area contributed by atoms with Crippen molar-refractivity contribution in [3.63, 3.8) is 0 Å². The fourth-order valence-electron chi connectivity index (χ4n) is 2.93. The van der Waals surface area contributed by atoms with E-state index in [1.165, 1.54) is 5.56 Å². The molecule has 28 heavy (non-hydrogen) atoms. The smallest absolute Gasteiger partial charge is 0.191 e. The molecule has 1 heterocycles. The zero-order valence-corrected chi connectivity index (χ0v) is 19.8. The lowest BCUT2D eigenvalue weighted by atomic mass is 10.1. The number of aliphatic imine (C=N–C) groups is 1. The van der Waals surface area contributed by atoms with E-state index in [9.17, 15) is 0 Å². The summed E-state index contributed by atoms with van der Waals surface area (Å²) in [6.07, 6.45) is 1.05. The van der Waals surface area contributed by atoms with Crippen LogP contribution < -0.4 is 15.4 Å². The second-order valence-corrected chi connectivity index (χ2v) is 6.87. The van der Waals surface area contributed by atoms with Crippen molar-refractivity contribution >= 4 is 29.9 Å².